The number of benzene rings is 2. The molecule has 0 fully saturated rings. The summed E-state index contributed by atoms with van der Waals surface area (Å²) in [7, 11) is 0. The molecule has 100 valence electrons. The highest BCUT2D eigenvalue weighted by atomic mass is 19.1. The van der Waals surface area contributed by atoms with Gasteiger partial charge in [-0.25, -0.2) is 4.39 Å². The molecule has 1 aromatic heterocycles. The largest absolute Gasteiger partial charge is 0.339 e. The summed E-state index contributed by atoms with van der Waals surface area (Å²) in [6.45, 7) is 1.46. The van der Waals surface area contributed by atoms with Gasteiger partial charge in [0.2, 0.25) is 11.7 Å². The third-order valence-electron chi connectivity index (χ3n) is 2.98. The van der Waals surface area contributed by atoms with Gasteiger partial charge < -0.3 is 4.52 Å². The van der Waals surface area contributed by atoms with E-state index < -0.39 is 0 Å². The molecule has 0 saturated carbocycles. The van der Waals surface area contributed by atoms with Crippen molar-refractivity contribution >= 4 is 16.6 Å². The highest BCUT2D eigenvalue weighted by Crippen LogP contribution is 2.28. The molecule has 0 atom stereocenters. The third kappa shape index (κ3) is 2.18. The molecule has 0 aliphatic carbocycles. The van der Waals surface area contributed by atoms with Crippen molar-refractivity contribution in [3.63, 3.8) is 0 Å². The van der Waals surface area contributed by atoms with Crippen molar-refractivity contribution in [2.45, 2.75) is 13.3 Å². The summed E-state index contributed by atoms with van der Waals surface area (Å²) in [5.74, 6) is 0.277. The minimum absolute atomic E-state index is 0.0517. The zero-order valence-corrected chi connectivity index (χ0v) is 10.8. The molecular formula is C15H11FN2O2. The summed E-state index contributed by atoms with van der Waals surface area (Å²) in [5.41, 5.74) is 0.681. The number of nitrogens with zero attached hydrogens (tertiary/aromatic N) is 2. The smallest absolute Gasteiger partial charge is 0.234 e. The van der Waals surface area contributed by atoms with Gasteiger partial charge in [0.15, 0.2) is 0 Å². The average molecular weight is 270 g/mol. The fourth-order valence-electron chi connectivity index (χ4n) is 2.11. The molecule has 0 bridgehead atoms. The normalized spacial score (nSPS) is 10.9. The monoisotopic (exact) mass is 270 g/mol. The lowest BCUT2D eigenvalue weighted by Gasteiger charge is -2.03. The first-order valence-electron chi connectivity index (χ1n) is 6.15. The summed E-state index contributed by atoms with van der Waals surface area (Å²) >= 11 is 0. The number of ketones is 1. The molecule has 0 saturated heterocycles. The molecule has 0 radical (unpaired) electrons. The molecule has 0 aliphatic heterocycles. The number of fused-ring (bicyclic) bond motifs is 1. The molecule has 4 nitrogen and oxygen atoms in total. The lowest BCUT2D eigenvalue weighted by molar-refractivity contribution is -0.116. The molecule has 3 rings (SSSR count). The van der Waals surface area contributed by atoms with Gasteiger partial charge in [0.05, 0.1) is 6.42 Å². The van der Waals surface area contributed by atoms with E-state index in [2.05, 4.69) is 10.1 Å². The van der Waals surface area contributed by atoms with Crippen LogP contribution in [0.4, 0.5) is 4.39 Å². The van der Waals surface area contributed by atoms with E-state index in [4.69, 9.17) is 4.52 Å². The van der Waals surface area contributed by atoms with E-state index in [1.807, 2.05) is 6.07 Å². The number of carbonyl (C=O) groups is 1. The van der Waals surface area contributed by atoms with E-state index in [1.54, 1.807) is 24.3 Å². The number of aromatic nitrogens is 2. The number of halogens is 1. The van der Waals surface area contributed by atoms with Crippen LogP contribution in [0.25, 0.3) is 22.2 Å². The second-order valence-electron chi connectivity index (χ2n) is 4.53. The number of hydrogen-bond donors (Lipinski definition) is 0. The van der Waals surface area contributed by atoms with Crippen LogP contribution in [-0.4, -0.2) is 15.9 Å². The topological polar surface area (TPSA) is 56.0 Å². The number of hydrogen-bond acceptors (Lipinski definition) is 4. The van der Waals surface area contributed by atoms with E-state index in [-0.39, 0.29) is 23.9 Å². The van der Waals surface area contributed by atoms with Gasteiger partial charge in [0.1, 0.15) is 11.6 Å². The Hall–Kier alpha value is -2.56. The zero-order valence-electron chi connectivity index (χ0n) is 10.8. The molecule has 0 spiro atoms. The Morgan fingerprint density at radius 1 is 1.20 bits per heavy atom. The van der Waals surface area contributed by atoms with Crippen molar-refractivity contribution in [2.24, 2.45) is 0 Å². The van der Waals surface area contributed by atoms with Gasteiger partial charge in [0, 0.05) is 10.9 Å². The first kappa shape index (κ1) is 12.5. The van der Waals surface area contributed by atoms with E-state index in [0.29, 0.717) is 22.2 Å². The van der Waals surface area contributed by atoms with E-state index >= 15 is 0 Å². The molecule has 0 unspecified atom stereocenters. The Kier molecular flexibility index (Phi) is 3.02. The molecule has 0 N–H and O–H groups in total. The molecule has 5 heteroatoms. The second kappa shape index (κ2) is 4.85. The van der Waals surface area contributed by atoms with Crippen molar-refractivity contribution in [1.82, 2.24) is 10.1 Å². The van der Waals surface area contributed by atoms with Crippen LogP contribution >= 0.6 is 0 Å². The number of Topliss-reactive ketones (excluding diaryl/α,β-unsaturated/α-hetero) is 1. The maximum absolute atomic E-state index is 13.8. The fourth-order valence-corrected chi connectivity index (χ4v) is 2.11. The number of rotatable bonds is 3. The van der Waals surface area contributed by atoms with Crippen LogP contribution < -0.4 is 0 Å². The van der Waals surface area contributed by atoms with Crippen LogP contribution in [0.15, 0.2) is 40.9 Å². The quantitative estimate of drug-likeness (QED) is 0.733. The van der Waals surface area contributed by atoms with Crippen molar-refractivity contribution in [1.29, 1.82) is 0 Å². The Morgan fingerprint density at radius 3 is 2.70 bits per heavy atom. The molecule has 0 amide bonds. The van der Waals surface area contributed by atoms with Gasteiger partial charge >= 0.3 is 0 Å². The first-order chi connectivity index (χ1) is 9.65. The van der Waals surface area contributed by atoms with E-state index in [9.17, 15) is 9.18 Å². The maximum Gasteiger partial charge on any atom is 0.234 e. The first-order valence-corrected chi connectivity index (χ1v) is 6.15. The predicted octanol–water partition coefficient (Wildman–Crippen LogP) is 3.16. The summed E-state index contributed by atoms with van der Waals surface area (Å²) in [6, 6.07) is 10.1. The Balaban J connectivity index is 2.13. The highest BCUT2D eigenvalue weighted by molar-refractivity contribution is 5.95. The third-order valence-corrected chi connectivity index (χ3v) is 2.98. The van der Waals surface area contributed by atoms with Crippen molar-refractivity contribution in [2.75, 3.05) is 0 Å². The number of carbonyl (C=O) groups excluding carboxylic acids is 1. The summed E-state index contributed by atoms with van der Waals surface area (Å²) < 4.78 is 18.8. The van der Waals surface area contributed by atoms with Crippen LogP contribution in [0.3, 0.4) is 0 Å². The molecule has 2 aromatic carbocycles. The maximum atomic E-state index is 13.8. The predicted molar refractivity (Wildman–Crippen MR) is 71.6 cm³/mol. The van der Waals surface area contributed by atoms with Gasteiger partial charge in [0.25, 0.3) is 0 Å². The fraction of sp³-hybridized carbons (Fsp3) is 0.133. The molecular weight excluding hydrogens is 259 g/mol. The van der Waals surface area contributed by atoms with Crippen LogP contribution in [-0.2, 0) is 11.2 Å². The van der Waals surface area contributed by atoms with Crippen molar-refractivity contribution in [3.05, 3.63) is 48.1 Å². The van der Waals surface area contributed by atoms with Gasteiger partial charge in [-0.1, -0.05) is 29.4 Å². The molecule has 0 aliphatic rings. The van der Waals surface area contributed by atoms with E-state index in [0.717, 1.165) is 0 Å². The second-order valence-corrected chi connectivity index (χ2v) is 4.53. The SMILES string of the molecule is CC(=O)Cc1nc(-c2ccc(F)c3ccccc23)no1. The van der Waals surface area contributed by atoms with Crippen LogP contribution in [0.2, 0.25) is 0 Å². The van der Waals surface area contributed by atoms with Gasteiger partial charge in [-0.15, -0.1) is 0 Å². The minimum Gasteiger partial charge on any atom is -0.339 e. The van der Waals surface area contributed by atoms with Crippen LogP contribution in [0.1, 0.15) is 12.8 Å². The lowest BCUT2D eigenvalue weighted by Crippen LogP contribution is -1.96. The molecule has 1 heterocycles. The standard InChI is InChI=1S/C15H11FN2O2/c1-9(19)8-14-17-15(18-20-14)12-6-7-13(16)11-5-3-2-4-10(11)12/h2-7H,8H2,1H3. The summed E-state index contributed by atoms with van der Waals surface area (Å²) in [5, 5.41) is 5.07. The van der Waals surface area contributed by atoms with Gasteiger partial charge in [-0.3, -0.25) is 4.79 Å². The zero-order chi connectivity index (χ0) is 14.1. The van der Waals surface area contributed by atoms with Crippen LogP contribution in [0.5, 0.6) is 0 Å². The summed E-state index contributed by atoms with van der Waals surface area (Å²) in [6.07, 6.45) is 0.103. The van der Waals surface area contributed by atoms with Gasteiger partial charge in [-0.2, -0.15) is 4.98 Å². The van der Waals surface area contributed by atoms with Crippen molar-refractivity contribution in [3.8, 4) is 11.4 Å². The molecule has 3 aromatic rings. The van der Waals surface area contributed by atoms with Crippen LogP contribution in [0, 0.1) is 5.82 Å². The van der Waals surface area contributed by atoms with E-state index in [1.165, 1.54) is 13.0 Å². The van der Waals surface area contributed by atoms with Gasteiger partial charge in [-0.05, 0) is 24.4 Å². The summed E-state index contributed by atoms with van der Waals surface area (Å²) in [4.78, 5) is 15.2. The molecule has 20 heavy (non-hydrogen) atoms. The average Bonchev–Trinajstić information content (AvgIpc) is 2.87. The highest BCUT2D eigenvalue weighted by Gasteiger charge is 2.14. The Labute approximate surface area is 114 Å². The Morgan fingerprint density at radius 2 is 1.95 bits per heavy atom. The Bertz CT molecular complexity index is 795. The minimum atomic E-state index is -0.295. The van der Waals surface area contributed by atoms with Crippen molar-refractivity contribution < 1.29 is 13.7 Å². The lowest BCUT2D eigenvalue weighted by atomic mass is 10.0.